The molecule has 0 N–H and O–H groups in total. The van der Waals surface area contributed by atoms with Crippen LogP contribution in [-0.2, 0) is 11.3 Å². The first-order valence-electron chi connectivity index (χ1n) is 10.4. The van der Waals surface area contributed by atoms with E-state index in [1.54, 1.807) is 17.0 Å². The van der Waals surface area contributed by atoms with Gasteiger partial charge in [-0.05, 0) is 42.3 Å². The number of halogens is 1. The molecule has 0 spiro atoms. The second-order valence-corrected chi connectivity index (χ2v) is 9.22. The highest BCUT2D eigenvalue weighted by atomic mass is 32.2. The van der Waals surface area contributed by atoms with Crippen molar-refractivity contribution in [3.8, 4) is 22.6 Å². The molecule has 5 rings (SSSR count). The molecule has 1 aliphatic rings. The highest BCUT2D eigenvalue weighted by Crippen LogP contribution is 2.38. The summed E-state index contributed by atoms with van der Waals surface area (Å²) in [5.41, 5.74) is 2.82. The molecule has 0 saturated heterocycles. The van der Waals surface area contributed by atoms with Crippen molar-refractivity contribution >= 4 is 39.2 Å². The number of carbonyl (C=O) groups is 1. The molecule has 33 heavy (non-hydrogen) atoms. The van der Waals surface area contributed by atoms with E-state index in [2.05, 4.69) is 9.97 Å². The highest BCUT2D eigenvalue weighted by Gasteiger charge is 2.19. The van der Waals surface area contributed by atoms with E-state index in [0.717, 1.165) is 37.7 Å². The summed E-state index contributed by atoms with van der Waals surface area (Å²) < 4.78 is 24.2. The molecule has 6 nitrogen and oxygen atoms in total. The lowest BCUT2D eigenvalue weighted by molar-refractivity contribution is -0.128. The SMILES string of the molecule is CCN(Cc1ccc2c(c1)OCO2)C(=O)CSc1ncnc2scc(-c3ccc(F)cc3)c12. The zero-order valence-electron chi connectivity index (χ0n) is 17.8. The summed E-state index contributed by atoms with van der Waals surface area (Å²) in [7, 11) is 0. The van der Waals surface area contributed by atoms with Crippen molar-refractivity contribution in [3.63, 3.8) is 0 Å². The lowest BCUT2D eigenvalue weighted by atomic mass is 10.1. The van der Waals surface area contributed by atoms with Crippen LogP contribution in [0.1, 0.15) is 12.5 Å². The van der Waals surface area contributed by atoms with Gasteiger partial charge in [0.2, 0.25) is 12.7 Å². The fourth-order valence-corrected chi connectivity index (χ4v) is 5.55. The van der Waals surface area contributed by atoms with Crippen molar-refractivity contribution in [1.82, 2.24) is 14.9 Å². The number of hydrogen-bond acceptors (Lipinski definition) is 7. The van der Waals surface area contributed by atoms with Gasteiger partial charge in [0, 0.05) is 24.0 Å². The molecule has 1 amide bonds. The summed E-state index contributed by atoms with van der Waals surface area (Å²) >= 11 is 2.90. The molecule has 0 radical (unpaired) electrons. The first kappa shape index (κ1) is 21.7. The molecule has 168 valence electrons. The molecule has 2 aromatic carbocycles. The maximum Gasteiger partial charge on any atom is 0.233 e. The molecule has 1 aliphatic heterocycles. The van der Waals surface area contributed by atoms with E-state index in [-0.39, 0.29) is 24.3 Å². The van der Waals surface area contributed by atoms with Crippen molar-refractivity contribution in [1.29, 1.82) is 0 Å². The molecule has 2 aromatic heterocycles. The van der Waals surface area contributed by atoms with Gasteiger partial charge in [-0.15, -0.1) is 11.3 Å². The van der Waals surface area contributed by atoms with E-state index >= 15 is 0 Å². The van der Waals surface area contributed by atoms with Crippen molar-refractivity contribution in [2.45, 2.75) is 18.5 Å². The van der Waals surface area contributed by atoms with Crippen LogP contribution in [0.25, 0.3) is 21.3 Å². The molecule has 0 saturated carbocycles. The maximum atomic E-state index is 13.4. The van der Waals surface area contributed by atoms with Gasteiger partial charge in [0.1, 0.15) is 22.0 Å². The molecule has 0 bridgehead atoms. The molecule has 0 atom stereocenters. The van der Waals surface area contributed by atoms with Crippen molar-refractivity contribution in [2.24, 2.45) is 0 Å². The first-order chi connectivity index (χ1) is 16.1. The lowest BCUT2D eigenvalue weighted by Crippen LogP contribution is -2.31. The number of nitrogens with zero attached hydrogens (tertiary/aromatic N) is 3. The number of hydrogen-bond donors (Lipinski definition) is 0. The molecule has 9 heteroatoms. The predicted molar refractivity (Wildman–Crippen MR) is 127 cm³/mol. The van der Waals surface area contributed by atoms with E-state index in [1.165, 1.54) is 41.6 Å². The summed E-state index contributed by atoms with van der Waals surface area (Å²) in [4.78, 5) is 24.5. The average molecular weight is 482 g/mol. The minimum atomic E-state index is -0.281. The Hall–Kier alpha value is -3.17. The van der Waals surface area contributed by atoms with Crippen LogP contribution in [0.3, 0.4) is 0 Å². The Morgan fingerprint density at radius 2 is 1.97 bits per heavy atom. The summed E-state index contributed by atoms with van der Waals surface area (Å²) in [6.07, 6.45) is 1.52. The third-order valence-corrected chi connectivity index (χ3v) is 7.23. The molecule has 0 fully saturated rings. The van der Waals surface area contributed by atoms with Gasteiger partial charge in [-0.1, -0.05) is 30.0 Å². The van der Waals surface area contributed by atoms with Gasteiger partial charge in [0.15, 0.2) is 11.5 Å². The molecule has 0 aliphatic carbocycles. The Morgan fingerprint density at radius 1 is 1.15 bits per heavy atom. The molecule has 4 aromatic rings. The topological polar surface area (TPSA) is 64.6 Å². The quantitative estimate of drug-likeness (QED) is 0.261. The third-order valence-electron chi connectivity index (χ3n) is 5.37. The van der Waals surface area contributed by atoms with Crippen molar-refractivity contribution in [2.75, 3.05) is 19.1 Å². The summed E-state index contributed by atoms with van der Waals surface area (Å²) in [6, 6.07) is 12.1. The normalized spacial score (nSPS) is 12.3. The zero-order chi connectivity index (χ0) is 22.8. The Morgan fingerprint density at radius 3 is 2.79 bits per heavy atom. The van der Waals surface area contributed by atoms with Crippen LogP contribution < -0.4 is 9.47 Å². The van der Waals surface area contributed by atoms with Crippen LogP contribution in [0.15, 0.2) is 59.2 Å². The standard InChI is InChI=1S/C24H20FN3O3S2/c1-2-28(10-15-3-8-19-20(9-15)31-14-30-19)21(29)12-33-24-22-18(11-32-23(22)26-13-27-24)16-4-6-17(25)7-5-16/h3-9,11,13H,2,10,12,14H2,1H3. The van der Waals surface area contributed by atoms with Crippen LogP contribution in [0.4, 0.5) is 4.39 Å². The van der Waals surface area contributed by atoms with Crippen LogP contribution in [-0.4, -0.2) is 39.9 Å². The Kier molecular flexibility index (Phi) is 6.15. The fraction of sp³-hybridized carbons (Fsp3) is 0.208. The van der Waals surface area contributed by atoms with E-state index in [4.69, 9.17) is 9.47 Å². The zero-order valence-corrected chi connectivity index (χ0v) is 19.4. The van der Waals surface area contributed by atoms with Crippen LogP contribution in [0, 0.1) is 5.82 Å². The van der Waals surface area contributed by atoms with Crippen LogP contribution >= 0.6 is 23.1 Å². The largest absolute Gasteiger partial charge is 0.454 e. The van der Waals surface area contributed by atoms with Gasteiger partial charge >= 0.3 is 0 Å². The number of fused-ring (bicyclic) bond motifs is 2. The summed E-state index contributed by atoms with van der Waals surface area (Å²) in [5, 5.41) is 3.63. The second-order valence-electron chi connectivity index (χ2n) is 7.40. The molecule has 3 heterocycles. The average Bonchev–Trinajstić information content (AvgIpc) is 3.48. The van der Waals surface area contributed by atoms with Gasteiger partial charge < -0.3 is 14.4 Å². The third kappa shape index (κ3) is 4.51. The first-order valence-corrected chi connectivity index (χ1v) is 12.3. The minimum absolute atomic E-state index is 0.0190. The molecular formula is C24H20FN3O3S2. The fourth-order valence-electron chi connectivity index (χ4n) is 3.66. The number of thiophene rings is 1. The Balaban J connectivity index is 1.33. The number of amides is 1. The highest BCUT2D eigenvalue weighted by molar-refractivity contribution is 8.00. The molecule has 0 unspecified atom stereocenters. The van der Waals surface area contributed by atoms with Gasteiger partial charge in [0.25, 0.3) is 0 Å². The van der Waals surface area contributed by atoms with E-state index < -0.39 is 0 Å². The van der Waals surface area contributed by atoms with Crippen molar-refractivity contribution < 1.29 is 18.7 Å². The Labute approximate surface area is 198 Å². The number of aromatic nitrogens is 2. The van der Waals surface area contributed by atoms with Crippen LogP contribution in [0.5, 0.6) is 11.5 Å². The second kappa shape index (κ2) is 9.36. The van der Waals surface area contributed by atoms with Gasteiger partial charge in [-0.2, -0.15) is 0 Å². The number of carbonyl (C=O) groups excluding carboxylic acids is 1. The maximum absolute atomic E-state index is 13.4. The van der Waals surface area contributed by atoms with Crippen molar-refractivity contribution in [3.05, 3.63) is 65.6 Å². The number of rotatable bonds is 7. The molecular weight excluding hydrogens is 461 g/mol. The van der Waals surface area contributed by atoms with Gasteiger partial charge in [-0.3, -0.25) is 4.79 Å². The number of benzene rings is 2. The minimum Gasteiger partial charge on any atom is -0.454 e. The predicted octanol–water partition coefficient (Wildman–Crippen LogP) is 5.37. The van der Waals surface area contributed by atoms with Gasteiger partial charge in [-0.25, -0.2) is 14.4 Å². The number of ether oxygens (including phenoxy) is 2. The smallest absolute Gasteiger partial charge is 0.233 e. The summed E-state index contributed by atoms with van der Waals surface area (Å²) in [6.45, 7) is 3.27. The lowest BCUT2D eigenvalue weighted by Gasteiger charge is -2.21. The monoisotopic (exact) mass is 481 g/mol. The van der Waals surface area contributed by atoms with E-state index in [9.17, 15) is 9.18 Å². The van der Waals surface area contributed by atoms with E-state index in [0.29, 0.717) is 18.8 Å². The van der Waals surface area contributed by atoms with Crippen LogP contribution in [0.2, 0.25) is 0 Å². The van der Waals surface area contributed by atoms with Gasteiger partial charge in [0.05, 0.1) is 11.1 Å². The van der Waals surface area contributed by atoms with E-state index in [1.807, 2.05) is 30.5 Å². The summed E-state index contributed by atoms with van der Waals surface area (Å²) in [5.74, 6) is 1.43. The Bertz CT molecular complexity index is 1310. The number of thioether (sulfide) groups is 1.